The predicted molar refractivity (Wildman–Crippen MR) is 80.8 cm³/mol. The first kappa shape index (κ1) is 12.9. The van der Waals surface area contributed by atoms with E-state index in [2.05, 4.69) is 4.98 Å². The number of hydrogen-bond donors (Lipinski definition) is 3. The number of primary amides is 2. The van der Waals surface area contributed by atoms with Crippen molar-refractivity contribution in [3.63, 3.8) is 0 Å². The van der Waals surface area contributed by atoms with Crippen molar-refractivity contribution in [2.24, 2.45) is 11.5 Å². The normalized spacial score (nSPS) is 10.7. The van der Waals surface area contributed by atoms with Gasteiger partial charge in [-0.15, -0.1) is 0 Å². The molecule has 5 heteroatoms. The molecule has 0 saturated heterocycles. The average molecular weight is 279 g/mol. The number of carbonyl (C=O) groups excluding carboxylic acids is 2. The molecule has 104 valence electrons. The van der Waals surface area contributed by atoms with Crippen molar-refractivity contribution in [2.45, 2.75) is 0 Å². The van der Waals surface area contributed by atoms with Crippen molar-refractivity contribution in [3.05, 3.63) is 59.7 Å². The zero-order valence-corrected chi connectivity index (χ0v) is 11.1. The van der Waals surface area contributed by atoms with Gasteiger partial charge in [-0.1, -0.05) is 18.2 Å². The highest BCUT2D eigenvalue weighted by molar-refractivity contribution is 5.98. The molecule has 0 spiro atoms. The van der Waals surface area contributed by atoms with Gasteiger partial charge in [0.15, 0.2) is 0 Å². The molecule has 0 atom stereocenters. The topological polar surface area (TPSA) is 102 Å². The van der Waals surface area contributed by atoms with Gasteiger partial charge < -0.3 is 16.5 Å². The van der Waals surface area contributed by atoms with Crippen molar-refractivity contribution in [1.29, 1.82) is 0 Å². The Hall–Kier alpha value is -3.08. The third kappa shape index (κ3) is 2.36. The van der Waals surface area contributed by atoms with Gasteiger partial charge in [-0.05, 0) is 35.9 Å². The number of nitrogens with two attached hydrogens (primary N) is 2. The lowest BCUT2D eigenvalue weighted by Gasteiger charge is -1.99. The molecule has 0 aliphatic heterocycles. The maximum atomic E-state index is 11.2. The first-order chi connectivity index (χ1) is 10.0. The van der Waals surface area contributed by atoms with Gasteiger partial charge in [0.05, 0.1) is 0 Å². The summed E-state index contributed by atoms with van der Waals surface area (Å²) in [6.45, 7) is 0. The molecule has 0 fully saturated rings. The highest BCUT2D eigenvalue weighted by Crippen LogP contribution is 2.25. The van der Waals surface area contributed by atoms with Gasteiger partial charge in [0.25, 0.3) is 0 Å². The van der Waals surface area contributed by atoms with Crippen LogP contribution in [0.2, 0.25) is 0 Å². The summed E-state index contributed by atoms with van der Waals surface area (Å²) in [6.07, 6.45) is 0. The monoisotopic (exact) mass is 279 g/mol. The fourth-order valence-electron chi connectivity index (χ4n) is 2.25. The van der Waals surface area contributed by atoms with Crippen LogP contribution in [-0.4, -0.2) is 16.8 Å². The molecule has 0 aliphatic carbocycles. The van der Waals surface area contributed by atoms with Crippen LogP contribution in [0.1, 0.15) is 20.7 Å². The van der Waals surface area contributed by atoms with Crippen molar-refractivity contribution >= 4 is 22.7 Å². The van der Waals surface area contributed by atoms with Crippen LogP contribution < -0.4 is 11.5 Å². The molecule has 0 unspecified atom stereocenters. The third-order valence-corrected chi connectivity index (χ3v) is 3.39. The lowest BCUT2D eigenvalue weighted by atomic mass is 10.1. The number of aromatic nitrogens is 1. The second-order valence-electron chi connectivity index (χ2n) is 4.79. The van der Waals surface area contributed by atoms with E-state index in [0.29, 0.717) is 11.1 Å². The number of nitrogens with one attached hydrogen (secondary N) is 1. The zero-order valence-electron chi connectivity index (χ0n) is 11.1. The van der Waals surface area contributed by atoms with Crippen molar-refractivity contribution in [1.82, 2.24) is 4.98 Å². The van der Waals surface area contributed by atoms with E-state index >= 15 is 0 Å². The summed E-state index contributed by atoms with van der Waals surface area (Å²) in [7, 11) is 0. The van der Waals surface area contributed by atoms with E-state index in [-0.39, 0.29) is 0 Å². The summed E-state index contributed by atoms with van der Waals surface area (Å²) in [5.74, 6) is -0.914. The molecular weight excluding hydrogens is 266 g/mol. The van der Waals surface area contributed by atoms with Crippen molar-refractivity contribution in [3.8, 4) is 11.3 Å². The molecule has 2 aromatic carbocycles. The molecule has 0 bridgehead atoms. The van der Waals surface area contributed by atoms with Gasteiger partial charge >= 0.3 is 0 Å². The molecule has 2 amide bonds. The summed E-state index contributed by atoms with van der Waals surface area (Å²) in [5, 5.41) is 0.981. The van der Waals surface area contributed by atoms with E-state index in [1.165, 1.54) is 0 Å². The minimum absolute atomic E-state index is 0.454. The Balaban J connectivity index is 2.04. The number of rotatable bonds is 3. The lowest BCUT2D eigenvalue weighted by Crippen LogP contribution is -2.10. The number of amides is 2. The molecule has 3 aromatic rings. The summed E-state index contributed by atoms with van der Waals surface area (Å²) in [6, 6.07) is 14.2. The van der Waals surface area contributed by atoms with Crippen LogP contribution >= 0.6 is 0 Å². The highest BCUT2D eigenvalue weighted by Gasteiger charge is 2.07. The predicted octanol–water partition coefficient (Wildman–Crippen LogP) is 2.03. The number of aromatic amines is 1. The van der Waals surface area contributed by atoms with E-state index in [1.807, 2.05) is 24.3 Å². The molecule has 1 heterocycles. The summed E-state index contributed by atoms with van der Waals surface area (Å²) in [4.78, 5) is 25.5. The quantitative estimate of drug-likeness (QED) is 0.683. The molecule has 5 N–H and O–H groups in total. The SMILES string of the molecule is NC(=O)c1ccc(-c2cc3ccc(C(N)=O)cc3[nH]2)cc1. The van der Waals surface area contributed by atoms with Crippen LogP contribution in [0, 0.1) is 0 Å². The Bertz CT molecular complexity index is 848. The van der Waals surface area contributed by atoms with Crippen LogP contribution in [0.3, 0.4) is 0 Å². The van der Waals surface area contributed by atoms with Crippen LogP contribution in [-0.2, 0) is 0 Å². The highest BCUT2D eigenvalue weighted by atomic mass is 16.1. The van der Waals surface area contributed by atoms with Crippen LogP contribution in [0.25, 0.3) is 22.2 Å². The number of benzene rings is 2. The van der Waals surface area contributed by atoms with Crippen molar-refractivity contribution < 1.29 is 9.59 Å². The van der Waals surface area contributed by atoms with E-state index in [9.17, 15) is 9.59 Å². The van der Waals surface area contributed by atoms with Crippen LogP contribution in [0.15, 0.2) is 48.5 Å². The number of H-pyrrole nitrogens is 1. The molecular formula is C16H13N3O2. The average Bonchev–Trinajstić information content (AvgIpc) is 2.90. The fraction of sp³-hybridized carbons (Fsp3) is 0. The van der Waals surface area contributed by atoms with E-state index in [4.69, 9.17) is 11.5 Å². The smallest absolute Gasteiger partial charge is 0.248 e. The minimum Gasteiger partial charge on any atom is -0.366 e. The third-order valence-electron chi connectivity index (χ3n) is 3.39. The van der Waals surface area contributed by atoms with Crippen molar-refractivity contribution in [2.75, 3.05) is 0 Å². The Kier molecular flexibility index (Phi) is 2.95. The Morgan fingerprint density at radius 3 is 2.05 bits per heavy atom. The van der Waals surface area contributed by atoms with Gasteiger partial charge in [-0.3, -0.25) is 9.59 Å². The molecule has 0 radical (unpaired) electrons. The van der Waals surface area contributed by atoms with Gasteiger partial charge in [-0.25, -0.2) is 0 Å². The second kappa shape index (κ2) is 4.79. The van der Waals surface area contributed by atoms with Gasteiger partial charge in [0.1, 0.15) is 0 Å². The first-order valence-electron chi connectivity index (χ1n) is 6.37. The maximum absolute atomic E-state index is 11.2. The summed E-state index contributed by atoms with van der Waals surface area (Å²) in [5.41, 5.74) is 14.1. The van der Waals surface area contributed by atoms with E-state index < -0.39 is 11.8 Å². The first-order valence-corrected chi connectivity index (χ1v) is 6.37. The molecule has 5 nitrogen and oxygen atoms in total. The van der Waals surface area contributed by atoms with E-state index in [0.717, 1.165) is 22.2 Å². The maximum Gasteiger partial charge on any atom is 0.248 e. The molecule has 21 heavy (non-hydrogen) atoms. The van der Waals surface area contributed by atoms with E-state index in [1.54, 1.807) is 24.3 Å². The Morgan fingerprint density at radius 2 is 1.43 bits per heavy atom. The molecule has 1 aromatic heterocycles. The zero-order chi connectivity index (χ0) is 15.0. The van der Waals surface area contributed by atoms with Crippen LogP contribution in [0.5, 0.6) is 0 Å². The second-order valence-corrected chi connectivity index (χ2v) is 4.79. The summed E-state index contributed by atoms with van der Waals surface area (Å²) >= 11 is 0. The van der Waals surface area contributed by atoms with Gasteiger partial charge in [-0.2, -0.15) is 0 Å². The number of carbonyl (C=O) groups is 2. The Labute approximate surface area is 120 Å². The molecule has 3 rings (SSSR count). The number of hydrogen-bond acceptors (Lipinski definition) is 2. The van der Waals surface area contributed by atoms with Crippen LogP contribution in [0.4, 0.5) is 0 Å². The van der Waals surface area contributed by atoms with Gasteiger partial charge in [0, 0.05) is 27.7 Å². The molecule has 0 aliphatic rings. The lowest BCUT2D eigenvalue weighted by molar-refractivity contribution is 0.0992. The fourth-order valence-corrected chi connectivity index (χ4v) is 2.25. The largest absolute Gasteiger partial charge is 0.366 e. The summed E-state index contributed by atoms with van der Waals surface area (Å²) < 4.78 is 0. The number of fused-ring (bicyclic) bond motifs is 1. The molecule has 0 saturated carbocycles. The standard InChI is InChI=1S/C16H13N3O2/c17-15(20)10-3-1-9(2-4-10)13-7-11-5-6-12(16(18)21)8-14(11)19-13/h1-8,19H,(H2,17,20)(H2,18,21). The minimum atomic E-state index is -0.459. The Morgan fingerprint density at radius 1 is 0.810 bits per heavy atom. The van der Waals surface area contributed by atoms with Gasteiger partial charge in [0.2, 0.25) is 11.8 Å².